The second-order valence-corrected chi connectivity index (χ2v) is 7.91. The van der Waals surface area contributed by atoms with E-state index in [0.717, 1.165) is 38.9 Å². The summed E-state index contributed by atoms with van der Waals surface area (Å²) in [6.45, 7) is 3.16. The molecular formula is C23H28N2O2. The van der Waals surface area contributed by atoms with E-state index in [1.165, 1.54) is 18.4 Å². The third-order valence-corrected chi connectivity index (χ3v) is 6.01. The molecule has 1 aliphatic heterocycles. The van der Waals surface area contributed by atoms with Crippen molar-refractivity contribution in [2.45, 2.75) is 38.2 Å². The molecule has 2 fully saturated rings. The highest BCUT2D eigenvalue weighted by molar-refractivity contribution is 5.89. The molecule has 1 saturated heterocycles. The molecule has 4 nitrogen and oxygen atoms in total. The van der Waals surface area contributed by atoms with Gasteiger partial charge in [-0.25, -0.2) is 4.79 Å². The summed E-state index contributed by atoms with van der Waals surface area (Å²) in [7, 11) is 0. The molecule has 4 rings (SSSR count). The van der Waals surface area contributed by atoms with E-state index in [-0.39, 0.29) is 12.1 Å². The Balaban J connectivity index is 1.40. The molecule has 0 radical (unpaired) electrons. The standard InChI is InChI=1S/C23H28N2O2/c26-23(19-11-6-13-24-15-19)27-22-20-9-4-5-10-21(22)17-25(16-20)14-12-18-7-2-1-3-8-18/h1-3,6-8,11,13,15,20-22H,4-5,9-10,12,14,16-17H2. The van der Waals surface area contributed by atoms with Crippen molar-refractivity contribution in [2.75, 3.05) is 19.6 Å². The largest absolute Gasteiger partial charge is 0.458 e. The average molecular weight is 364 g/mol. The summed E-state index contributed by atoms with van der Waals surface area (Å²) in [5.41, 5.74) is 1.95. The molecule has 1 aliphatic carbocycles. The predicted octanol–water partition coefficient (Wildman–Crippen LogP) is 3.97. The summed E-state index contributed by atoms with van der Waals surface area (Å²) in [6.07, 6.45) is 9.22. The number of carbonyl (C=O) groups excluding carboxylic acids is 1. The fourth-order valence-corrected chi connectivity index (χ4v) is 4.64. The molecular weight excluding hydrogens is 336 g/mol. The number of likely N-dealkylation sites (tertiary alicyclic amines) is 1. The molecule has 0 N–H and O–H groups in total. The number of benzene rings is 1. The minimum Gasteiger partial charge on any atom is -0.458 e. The quantitative estimate of drug-likeness (QED) is 0.753. The van der Waals surface area contributed by atoms with Gasteiger partial charge in [-0.15, -0.1) is 0 Å². The van der Waals surface area contributed by atoms with Crippen LogP contribution in [0.4, 0.5) is 0 Å². The van der Waals surface area contributed by atoms with Crippen molar-refractivity contribution in [1.29, 1.82) is 0 Å². The summed E-state index contributed by atoms with van der Waals surface area (Å²) in [5.74, 6) is 0.674. The van der Waals surface area contributed by atoms with E-state index >= 15 is 0 Å². The molecule has 1 aromatic carbocycles. The Morgan fingerprint density at radius 3 is 2.44 bits per heavy atom. The van der Waals surface area contributed by atoms with Gasteiger partial charge in [-0.05, 0) is 37.0 Å². The Morgan fingerprint density at radius 2 is 1.78 bits per heavy atom. The number of ether oxygens (including phenoxy) is 1. The van der Waals surface area contributed by atoms with E-state index in [2.05, 4.69) is 40.2 Å². The van der Waals surface area contributed by atoms with Crippen LogP contribution in [0.2, 0.25) is 0 Å². The number of rotatable bonds is 5. The fourth-order valence-electron chi connectivity index (χ4n) is 4.64. The normalized spacial score (nSPS) is 25.6. The molecule has 27 heavy (non-hydrogen) atoms. The first-order valence-electron chi connectivity index (χ1n) is 10.2. The zero-order valence-corrected chi connectivity index (χ0v) is 15.8. The highest BCUT2D eigenvalue weighted by atomic mass is 16.5. The number of fused-ring (bicyclic) bond motifs is 2. The van der Waals surface area contributed by atoms with Gasteiger partial charge in [0.05, 0.1) is 5.56 Å². The Morgan fingerprint density at radius 1 is 1.04 bits per heavy atom. The molecule has 0 spiro atoms. The van der Waals surface area contributed by atoms with Crippen LogP contribution in [0.25, 0.3) is 0 Å². The maximum atomic E-state index is 12.6. The third-order valence-electron chi connectivity index (χ3n) is 6.01. The molecule has 1 aromatic heterocycles. The van der Waals surface area contributed by atoms with Crippen LogP contribution in [0.5, 0.6) is 0 Å². The molecule has 0 amide bonds. The van der Waals surface area contributed by atoms with Crippen LogP contribution in [0.15, 0.2) is 54.9 Å². The molecule has 2 bridgehead atoms. The third kappa shape index (κ3) is 4.56. The predicted molar refractivity (Wildman–Crippen MR) is 105 cm³/mol. The van der Waals surface area contributed by atoms with Gasteiger partial charge in [-0.3, -0.25) is 4.98 Å². The smallest absolute Gasteiger partial charge is 0.339 e. The van der Waals surface area contributed by atoms with Gasteiger partial charge in [0.15, 0.2) is 0 Å². The minimum absolute atomic E-state index is 0.0492. The Bertz CT molecular complexity index is 719. The molecule has 1 saturated carbocycles. The molecule has 2 heterocycles. The van der Waals surface area contributed by atoms with Crippen LogP contribution in [-0.2, 0) is 11.2 Å². The van der Waals surface area contributed by atoms with Crippen molar-refractivity contribution in [3.63, 3.8) is 0 Å². The summed E-state index contributed by atoms with van der Waals surface area (Å²) >= 11 is 0. The number of hydrogen-bond donors (Lipinski definition) is 0. The molecule has 2 aromatic rings. The van der Waals surface area contributed by atoms with E-state index < -0.39 is 0 Å². The maximum Gasteiger partial charge on any atom is 0.339 e. The fraction of sp³-hybridized carbons (Fsp3) is 0.478. The summed E-state index contributed by atoms with van der Waals surface area (Å²) in [5, 5.41) is 0. The van der Waals surface area contributed by atoms with Gasteiger partial charge in [0, 0.05) is 43.9 Å². The number of nitrogens with zero attached hydrogens (tertiary/aromatic N) is 2. The molecule has 142 valence electrons. The van der Waals surface area contributed by atoms with Crippen molar-refractivity contribution in [1.82, 2.24) is 9.88 Å². The van der Waals surface area contributed by atoms with Gasteiger partial charge < -0.3 is 9.64 Å². The van der Waals surface area contributed by atoms with Gasteiger partial charge in [-0.1, -0.05) is 43.2 Å². The van der Waals surface area contributed by atoms with Crippen molar-refractivity contribution in [3.05, 3.63) is 66.0 Å². The number of aromatic nitrogens is 1. The number of hydrogen-bond acceptors (Lipinski definition) is 4. The second kappa shape index (κ2) is 8.66. The first-order valence-corrected chi connectivity index (χ1v) is 10.2. The molecule has 4 heteroatoms. The highest BCUT2D eigenvalue weighted by Gasteiger charge is 2.40. The highest BCUT2D eigenvalue weighted by Crippen LogP contribution is 2.36. The second-order valence-electron chi connectivity index (χ2n) is 7.91. The van der Waals surface area contributed by atoms with Crippen LogP contribution in [0.3, 0.4) is 0 Å². The average Bonchev–Trinajstić information content (AvgIpc) is 2.83. The summed E-state index contributed by atoms with van der Waals surface area (Å²) < 4.78 is 6.03. The lowest BCUT2D eigenvalue weighted by molar-refractivity contribution is -0.0443. The van der Waals surface area contributed by atoms with Crippen molar-refractivity contribution < 1.29 is 9.53 Å². The van der Waals surface area contributed by atoms with Gasteiger partial charge in [-0.2, -0.15) is 0 Å². The van der Waals surface area contributed by atoms with E-state index in [1.807, 2.05) is 0 Å². The Labute approximate surface area is 161 Å². The van der Waals surface area contributed by atoms with Crippen LogP contribution in [0.1, 0.15) is 41.6 Å². The first-order chi connectivity index (χ1) is 13.3. The monoisotopic (exact) mass is 364 g/mol. The number of piperidine rings is 1. The summed E-state index contributed by atoms with van der Waals surface area (Å²) in [4.78, 5) is 19.2. The van der Waals surface area contributed by atoms with Gasteiger partial charge >= 0.3 is 5.97 Å². The zero-order chi connectivity index (χ0) is 18.5. The van der Waals surface area contributed by atoms with Crippen molar-refractivity contribution in [2.24, 2.45) is 11.8 Å². The van der Waals surface area contributed by atoms with Crippen LogP contribution in [-0.4, -0.2) is 41.6 Å². The van der Waals surface area contributed by atoms with Crippen LogP contribution < -0.4 is 0 Å². The Kier molecular flexibility index (Phi) is 5.83. The van der Waals surface area contributed by atoms with E-state index in [0.29, 0.717) is 17.4 Å². The molecule has 2 atom stereocenters. The number of esters is 1. The van der Waals surface area contributed by atoms with Gasteiger partial charge in [0.1, 0.15) is 6.10 Å². The minimum atomic E-state index is -0.220. The number of carbonyl (C=O) groups is 1. The Hall–Kier alpha value is -2.20. The molecule has 2 unspecified atom stereocenters. The molecule has 2 aliphatic rings. The van der Waals surface area contributed by atoms with Crippen molar-refractivity contribution in [3.8, 4) is 0 Å². The lowest BCUT2D eigenvalue weighted by atomic mass is 9.84. The van der Waals surface area contributed by atoms with E-state index in [9.17, 15) is 4.79 Å². The van der Waals surface area contributed by atoms with E-state index in [4.69, 9.17) is 4.74 Å². The maximum absolute atomic E-state index is 12.6. The number of pyridine rings is 1. The SMILES string of the molecule is O=C(OC1C2CCCCC1CN(CCc1ccccc1)C2)c1cccnc1. The van der Waals surface area contributed by atoms with Crippen molar-refractivity contribution >= 4 is 5.97 Å². The topological polar surface area (TPSA) is 42.4 Å². The van der Waals surface area contributed by atoms with Gasteiger partial charge in [0.2, 0.25) is 0 Å². The zero-order valence-electron chi connectivity index (χ0n) is 15.8. The van der Waals surface area contributed by atoms with E-state index in [1.54, 1.807) is 24.5 Å². The first kappa shape index (κ1) is 18.2. The van der Waals surface area contributed by atoms with Crippen LogP contribution >= 0.6 is 0 Å². The van der Waals surface area contributed by atoms with Crippen LogP contribution in [0, 0.1) is 11.8 Å². The lowest BCUT2D eigenvalue weighted by Gasteiger charge is -2.42. The lowest BCUT2D eigenvalue weighted by Crippen LogP contribution is -2.50. The summed E-state index contributed by atoms with van der Waals surface area (Å²) in [6, 6.07) is 14.3. The van der Waals surface area contributed by atoms with Gasteiger partial charge in [0.25, 0.3) is 0 Å².